The molecule has 2 atom stereocenters. The number of anilines is 2. The van der Waals surface area contributed by atoms with E-state index in [1.807, 2.05) is 43.3 Å². The Kier molecular flexibility index (Phi) is 8.03. The molecule has 1 N–H and O–H groups in total. The number of alkyl halides is 2. The van der Waals surface area contributed by atoms with Crippen LogP contribution in [0.25, 0.3) is 33.4 Å². The Balaban J connectivity index is 1.24. The van der Waals surface area contributed by atoms with E-state index in [1.165, 1.54) is 14.1 Å². The summed E-state index contributed by atoms with van der Waals surface area (Å²) in [5.74, 6) is 2.06. The van der Waals surface area contributed by atoms with Gasteiger partial charge in [0.1, 0.15) is 11.2 Å². The SMILES string of the molecule is COc1nc(-c2cccc(-c3cccc(Nc4nc(C(F)F)nc5c4c(=O)n(C)c(=O)n5C)c3C)c2Cl)ccc1CN1CC2C(C)C2C1. The number of hydrogen-bond acceptors (Lipinski definition) is 8. The molecule has 3 aromatic heterocycles. The molecule has 1 saturated carbocycles. The summed E-state index contributed by atoms with van der Waals surface area (Å²) >= 11 is 7.08. The average Bonchev–Trinajstić information content (AvgIpc) is 3.45. The maximum atomic E-state index is 13.8. The van der Waals surface area contributed by atoms with Crippen molar-refractivity contribution in [2.45, 2.75) is 26.8 Å². The number of ether oxygens (including phenoxy) is 1. The lowest BCUT2D eigenvalue weighted by Crippen LogP contribution is -2.38. The van der Waals surface area contributed by atoms with Crippen LogP contribution in [0.2, 0.25) is 5.02 Å². The summed E-state index contributed by atoms with van der Waals surface area (Å²) in [4.78, 5) is 40.9. The first-order valence-electron chi connectivity index (χ1n) is 15.7. The van der Waals surface area contributed by atoms with Crippen LogP contribution in [0.3, 0.4) is 0 Å². The van der Waals surface area contributed by atoms with E-state index in [0.717, 1.165) is 74.3 Å². The summed E-state index contributed by atoms with van der Waals surface area (Å²) in [7, 11) is 4.30. The van der Waals surface area contributed by atoms with Crippen molar-refractivity contribution in [3.8, 4) is 28.3 Å². The molecule has 1 aliphatic carbocycles. The molecule has 2 fully saturated rings. The summed E-state index contributed by atoms with van der Waals surface area (Å²) in [6, 6.07) is 15.1. The molecular weight excluding hydrogens is 640 g/mol. The monoisotopic (exact) mass is 673 g/mol. The maximum Gasteiger partial charge on any atom is 0.332 e. The smallest absolute Gasteiger partial charge is 0.332 e. The number of nitrogens with one attached hydrogen (secondary N) is 1. The lowest BCUT2D eigenvalue weighted by Gasteiger charge is -2.20. The number of piperidine rings is 1. The zero-order valence-corrected chi connectivity index (χ0v) is 27.8. The molecule has 48 heavy (non-hydrogen) atoms. The number of likely N-dealkylation sites (tertiary alicyclic amines) is 1. The molecule has 2 aliphatic rings. The van der Waals surface area contributed by atoms with Crippen LogP contribution in [0.5, 0.6) is 5.88 Å². The van der Waals surface area contributed by atoms with Gasteiger partial charge in [-0.2, -0.15) is 0 Å². The van der Waals surface area contributed by atoms with Gasteiger partial charge < -0.3 is 10.1 Å². The highest BCUT2D eigenvalue weighted by Gasteiger charge is 2.52. The molecule has 1 saturated heterocycles. The number of halogens is 3. The van der Waals surface area contributed by atoms with E-state index < -0.39 is 23.5 Å². The molecule has 0 amide bonds. The van der Waals surface area contributed by atoms with Crippen molar-refractivity contribution in [1.29, 1.82) is 0 Å². The van der Waals surface area contributed by atoms with Gasteiger partial charge in [-0.05, 0) is 47.9 Å². The van der Waals surface area contributed by atoms with Gasteiger partial charge in [-0.3, -0.25) is 18.8 Å². The molecule has 10 nitrogen and oxygen atoms in total. The number of aromatic nitrogens is 5. The standard InChI is InChI=1S/C35H34ClF2N7O3/c1-17-23-15-45(16-24(17)23)14-19-12-13-26(40-33(19)48-5)22-10-6-9-21(28(22)36)20-8-7-11-25(18(20)2)39-30-27-32(42-31(41-30)29(37)38)43(3)35(47)44(4)34(27)46/h6-13,17,23-24,29H,14-16H2,1-5H3,(H,39,41,42). The predicted molar refractivity (Wildman–Crippen MR) is 181 cm³/mol. The Hall–Kier alpha value is -4.68. The van der Waals surface area contributed by atoms with Crippen LogP contribution in [0.15, 0.2) is 58.1 Å². The number of nitrogens with zero attached hydrogens (tertiary/aromatic N) is 6. The number of aryl methyl sites for hydroxylation is 1. The largest absolute Gasteiger partial charge is 0.481 e. The van der Waals surface area contributed by atoms with E-state index in [2.05, 4.69) is 27.1 Å². The first-order chi connectivity index (χ1) is 23.0. The van der Waals surface area contributed by atoms with E-state index in [9.17, 15) is 18.4 Å². The van der Waals surface area contributed by atoms with Gasteiger partial charge in [-0.25, -0.2) is 28.5 Å². The van der Waals surface area contributed by atoms with Crippen LogP contribution in [0.1, 0.15) is 30.3 Å². The van der Waals surface area contributed by atoms with E-state index in [1.54, 1.807) is 19.2 Å². The van der Waals surface area contributed by atoms with E-state index >= 15 is 0 Å². The minimum Gasteiger partial charge on any atom is -0.481 e. The fourth-order valence-corrected chi connectivity index (χ4v) is 7.31. The highest BCUT2D eigenvalue weighted by molar-refractivity contribution is 6.36. The second kappa shape index (κ2) is 12.1. The Morgan fingerprint density at radius 2 is 1.65 bits per heavy atom. The number of hydrogen-bond donors (Lipinski definition) is 1. The van der Waals surface area contributed by atoms with Crippen LogP contribution in [-0.2, 0) is 20.6 Å². The molecule has 1 aliphatic heterocycles. The number of methoxy groups -OCH3 is 1. The zero-order valence-electron chi connectivity index (χ0n) is 27.1. The summed E-state index contributed by atoms with van der Waals surface area (Å²) in [6.45, 7) is 7.18. The Bertz CT molecular complexity index is 2210. The van der Waals surface area contributed by atoms with Crippen LogP contribution >= 0.6 is 11.6 Å². The van der Waals surface area contributed by atoms with E-state index in [-0.39, 0.29) is 16.9 Å². The van der Waals surface area contributed by atoms with Gasteiger partial charge >= 0.3 is 5.69 Å². The van der Waals surface area contributed by atoms with Gasteiger partial charge in [0.15, 0.2) is 11.5 Å². The summed E-state index contributed by atoms with van der Waals surface area (Å²) in [6.07, 6.45) is -3.03. The van der Waals surface area contributed by atoms with E-state index in [4.69, 9.17) is 21.3 Å². The van der Waals surface area contributed by atoms with Gasteiger partial charge in [0.2, 0.25) is 5.88 Å². The fourth-order valence-electron chi connectivity index (χ4n) is 6.99. The molecule has 248 valence electrons. The van der Waals surface area contributed by atoms with Crippen LogP contribution in [0, 0.1) is 24.7 Å². The lowest BCUT2D eigenvalue weighted by atomic mass is 9.96. The minimum atomic E-state index is -3.03. The fraction of sp³-hybridized carbons (Fsp3) is 0.343. The molecule has 7 rings (SSSR count). The number of pyridine rings is 1. The third kappa shape index (κ3) is 5.32. The molecule has 5 aromatic rings. The molecule has 4 heterocycles. The maximum absolute atomic E-state index is 13.8. The first-order valence-corrected chi connectivity index (χ1v) is 16.0. The lowest BCUT2D eigenvalue weighted by molar-refractivity contribution is 0.141. The molecule has 2 unspecified atom stereocenters. The van der Waals surface area contributed by atoms with Gasteiger partial charge in [0, 0.05) is 56.1 Å². The molecule has 13 heteroatoms. The first kappa shape index (κ1) is 31.9. The minimum absolute atomic E-state index is 0.0895. The van der Waals surface area contributed by atoms with Crippen LogP contribution in [-0.4, -0.2) is 49.2 Å². The summed E-state index contributed by atoms with van der Waals surface area (Å²) in [5, 5.41) is 3.46. The van der Waals surface area contributed by atoms with Crippen molar-refractivity contribution in [3.63, 3.8) is 0 Å². The Morgan fingerprint density at radius 3 is 2.35 bits per heavy atom. The molecular formula is C35H34ClF2N7O3. The average molecular weight is 674 g/mol. The van der Waals surface area contributed by atoms with Gasteiger partial charge in [-0.15, -0.1) is 0 Å². The highest BCUT2D eigenvalue weighted by atomic mass is 35.5. The number of rotatable bonds is 8. The third-order valence-electron chi connectivity index (χ3n) is 9.89. The molecule has 0 bridgehead atoms. The number of fused-ring (bicyclic) bond motifs is 2. The van der Waals surface area contributed by atoms with Gasteiger partial charge in [0.25, 0.3) is 12.0 Å². The predicted octanol–water partition coefficient (Wildman–Crippen LogP) is 6.11. The van der Waals surface area contributed by atoms with Crippen LogP contribution < -0.4 is 21.3 Å². The number of benzene rings is 2. The van der Waals surface area contributed by atoms with Crippen molar-refractivity contribution in [2.75, 3.05) is 25.5 Å². The second-order valence-corrected chi connectivity index (χ2v) is 13.0. The zero-order chi connectivity index (χ0) is 34.0. The summed E-state index contributed by atoms with van der Waals surface area (Å²) in [5.41, 5.74) is 3.55. The molecule has 2 aromatic carbocycles. The van der Waals surface area contributed by atoms with Crippen molar-refractivity contribution >= 4 is 34.1 Å². The normalized spacial score (nSPS) is 18.8. The van der Waals surface area contributed by atoms with Crippen molar-refractivity contribution < 1.29 is 13.5 Å². The van der Waals surface area contributed by atoms with Gasteiger partial charge in [-0.1, -0.05) is 54.9 Å². The molecule has 0 radical (unpaired) electrons. The Labute approximate surface area is 280 Å². The molecule has 0 spiro atoms. The van der Waals surface area contributed by atoms with E-state index in [0.29, 0.717) is 22.3 Å². The highest BCUT2D eigenvalue weighted by Crippen LogP contribution is 2.51. The van der Waals surface area contributed by atoms with Gasteiger partial charge in [0.05, 0.1) is 17.8 Å². The van der Waals surface area contributed by atoms with Crippen molar-refractivity contribution in [3.05, 3.63) is 91.3 Å². The summed E-state index contributed by atoms with van der Waals surface area (Å²) < 4.78 is 35.4. The van der Waals surface area contributed by atoms with Crippen molar-refractivity contribution in [2.24, 2.45) is 31.8 Å². The third-order valence-corrected chi connectivity index (χ3v) is 10.3. The quantitative estimate of drug-likeness (QED) is 0.211. The Morgan fingerprint density at radius 1 is 0.958 bits per heavy atom. The topological polar surface area (TPSA) is 107 Å². The van der Waals surface area contributed by atoms with Crippen molar-refractivity contribution in [1.82, 2.24) is 29.0 Å². The van der Waals surface area contributed by atoms with Crippen LogP contribution in [0.4, 0.5) is 20.3 Å². The second-order valence-electron chi connectivity index (χ2n) is 12.7.